The summed E-state index contributed by atoms with van der Waals surface area (Å²) in [4.78, 5) is 48.8. The molecule has 3 amide bonds. The predicted molar refractivity (Wildman–Crippen MR) is 156 cm³/mol. The molecule has 1 aliphatic heterocycles. The molecule has 0 unspecified atom stereocenters. The zero-order chi connectivity index (χ0) is 31.7. The molecule has 1 aromatic carbocycles. The van der Waals surface area contributed by atoms with Crippen LogP contribution >= 0.6 is 0 Å². The van der Waals surface area contributed by atoms with Crippen LogP contribution in [-0.4, -0.2) is 74.1 Å². The summed E-state index contributed by atoms with van der Waals surface area (Å²) in [5.41, 5.74) is -0.673. The minimum absolute atomic E-state index is 0.101. The van der Waals surface area contributed by atoms with Gasteiger partial charge in [0, 0.05) is 26.1 Å². The molecule has 236 valence electrons. The Morgan fingerprint density at radius 1 is 1.00 bits per heavy atom. The molecule has 0 saturated carbocycles. The summed E-state index contributed by atoms with van der Waals surface area (Å²) in [6.07, 6.45) is 4.62. The normalized spacial score (nSPS) is 15.2. The van der Waals surface area contributed by atoms with Crippen molar-refractivity contribution in [2.45, 2.75) is 109 Å². The van der Waals surface area contributed by atoms with E-state index in [1.54, 1.807) is 7.11 Å². The van der Waals surface area contributed by atoms with E-state index in [4.69, 9.17) is 14.2 Å². The highest BCUT2D eigenvalue weighted by Gasteiger charge is 2.42. The van der Waals surface area contributed by atoms with Crippen molar-refractivity contribution in [3.63, 3.8) is 0 Å². The number of methoxy groups -OCH3 is 1. The Morgan fingerprint density at radius 3 is 2.17 bits per heavy atom. The standard InChI is InChI=1S/C29H45N3O9S/c1-8-28(9-2,39-7)16-17-41-29(10-3,11-4)15-14-25(34)30-20(5)26(35)31-22-12-13-23-24(18-22)42(37,38)32(27(23)36)19-40-21(6)33/h12-13,18,20H,8-11,14-17,19H2,1-7H3,(H,30,34)(H,31,35)/t20-/m0/s1. The predicted octanol–water partition coefficient (Wildman–Crippen LogP) is 3.75. The van der Waals surface area contributed by atoms with E-state index in [1.807, 2.05) is 13.8 Å². The molecule has 0 fully saturated rings. The number of hydrogen-bond acceptors (Lipinski definition) is 9. The molecule has 0 aliphatic carbocycles. The highest BCUT2D eigenvalue weighted by Crippen LogP contribution is 2.33. The molecule has 13 heteroatoms. The van der Waals surface area contributed by atoms with Gasteiger partial charge in [0.1, 0.15) is 10.9 Å². The number of sulfonamides is 1. The van der Waals surface area contributed by atoms with Crippen molar-refractivity contribution in [3.05, 3.63) is 23.8 Å². The van der Waals surface area contributed by atoms with Crippen LogP contribution in [0.4, 0.5) is 5.69 Å². The molecule has 0 radical (unpaired) electrons. The fraction of sp³-hybridized carbons (Fsp3) is 0.655. The van der Waals surface area contributed by atoms with Crippen molar-refractivity contribution in [2.75, 3.05) is 25.8 Å². The maximum Gasteiger partial charge on any atom is 0.304 e. The quantitative estimate of drug-likeness (QED) is 0.250. The third kappa shape index (κ3) is 8.29. The minimum atomic E-state index is -4.27. The second kappa shape index (κ2) is 14.9. The van der Waals surface area contributed by atoms with Crippen LogP contribution in [0.5, 0.6) is 0 Å². The molecular formula is C29H45N3O9S. The Kier molecular flexibility index (Phi) is 12.5. The Morgan fingerprint density at radius 2 is 1.62 bits per heavy atom. The Balaban J connectivity index is 1.97. The van der Waals surface area contributed by atoms with Gasteiger partial charge in [0.05, 0.1) is 23.4 Å². The number of hydrogen-bond donors (Lipinski definition) is 2. The number of amides is 3. The van der Waals surface area contributed by atoms with Crippen LogP contribution in [0.25, 0.3) is 0 Å². The zero-order valence-electron chi connectivity index (χ0n) is 25.7. The number of nitrogens with one attached hydrogen (secondary N) is 2. The van der Waals surface area contributed by atoms with Crippen LogP contribution in [0.15, 0.2) is 23.1 Å². The van der Waals surface area contributed by atoms with Gasteiger partial charge in [0.25, 0.3) is 15.9 Å². The second-order valence-corrected chi connectivity index (χ2v) is 12.3. The van der Waals surface area contributed by atoms with Crippen molar-refractivity contribution < 1.29 is 41.8 Å². The lowest BCUT2D eigenvalue weighted by Gasteiger charge is -2.35. The first-order valence-corrected chi connectivity index (χ1v) is 15.8. The highest BCUT2D eigenvalue weighted by atomic mass is 32.2. The van der Waals surface area contributed by atoms with Crippen LogP contribution in [0.2, 0.25) is 0 Å². The zero-order valence-corrected chi connectivity index (χ0v) is 26.5. The molecule has 42 heavy (non-hydrogen) atoms. The molecule has 1 atom stereocenters. The summed E-state index contributed by atoms with van der Waals surface area (Å²) < 4.78 is 42.8. The van der Waals surface area contributed by atoms with Gasteiger partial charge in [-0.1, -0.05) is 27.7 Å². The lowest BCUT2D eigenvalue weighted by molar-refractivity contribution is -0.142. The van der Waals surface area contributed by atoms with E-state index in [9.17, 15) is 27.6 Å². The van der Waals surface area contributed by atoms with Crippen LogP contribution in [0, 0.1) is 0 Å². The van der Waals surface area contributed by atoms with E-state index in [0.717, 1.165) is 45.1 Å². The number of anilines is 1. The smallest absolute Gasteiger partial charge is 0.304 e. The summed E-state index contributed by atoms with van der Waals surface area (Å²) in [7, 11) is -2.55. The second-order valence-electron chi connectivity index (χ2n) is 10.5. The summed E-state index contributed by atoms with van der Waals surface area (Å²) in [5.74, 6) is -2.45. The van der Waals surface area contributed by atoms with Crippen molar-refractivity contribution in [1.82, 2.24) is 9.62 Å². The van der Waals surface area contributed by atoms with Gasteiger partial charge in [0.15, 0.2) is 6.73 Å². The van der Waals surface area contributed by atoms with Gasteiger partial charge < -0.3 is 24.8 Å². The highest BCUT2D eigenvalue weighted by molar-refractivity contribution is 7.90. The fourth-order valence-corrected chi connectivity index (χ4v) is 6.38. The van der Waals surface area contributed by atoms with E-state index in [0.29, 0.717) is 17.3 Å². The number of carbonyl (C=O) groups is 4. The molecule has 1 aliphatic rings. The van der Waals surface area contributed by atoms with Crippen molar-refractivity contribution in [3.8, 4) is 0 Å². The van der Waals surface area contributed by atoms with Gasteiger partial charge in [-0.3, -0.25) is 19.2 Å². The van der Waals surface area contributed by atoms with Crippen LogP contribution < -0.4 is 10.6 Å². The van der Waals surface area contributed by atoms with Gasteiger partial charge in [-0.25, -0.2) is 8.42 Å². The molecule has 0 aromatic heterocycles. The van der Waals surface area contributed by atoms with E-state index < -0.39 is 46.2 Å². The summed E-state index contributed by atoms with van der Waals surface area (Å²) in [5, 5.41) is 5.26. The minimum Gasteiger partial charge on any atom is -0.443 e. The lowest BCUT2D eigenvalue weighted by atomic mass is 9.90. The van der Waals surface area contributed by atoms with E-state index >= 15 is 0 Å². The van der Waals surface area contributed by atoms with E-state index in [-0.39, 0.29) is 34.1 Å². The monoisotopic (exact) mass is 611 g/mol. The van der Waals surface area contributed by atoms with Crippen molar-refractivity contribution in [2.24, 2.45) is 0 Å². The maximum atomic E-state index is 12.8. The molecule has 2 N–H and O–H groups in total. The van der Waals surface area contributed by atoms with Crippen molar-refractivity contribution >= 4 is 39.4 Å². The SMILES string of the molecule is CCC(CC)(CCOC(CC)(CC)CCC(=O)N[C@@H](C)C(=O)Nc1ccc2c(c1)S(=O)(=O)N(COC(C)=O)C2=O)OC. The molecule has 1 aromatic rings. The number of carbonyl (C=O) groups excluding carboxylic acids is 4. The number of fused-ring (bicyclic) bond motifs is 1. The molecule has 0 bridgehead atoms. The largest absolute Gasteiger partial charge is 0.443 e. The lowest BCUT2D eigenvalue weighted by Crippen LogP contribution is -2.43. The number of nitrogens with zero attached hydrogens (tertiary/aromatic N) is 1. The third-order valence-electron chi connectivity index (χ3n) is 8.21. The number of ether oxygens (including phenoxy) is 3. The maximum absolute atomic E-state index is 12.8. The van der Waals surface area contributed by atoms with Crippen LogP contribution in [0.1, 0.15) is 96.8 Å². The summed E-state index contributed by atoms with van der Waals surface area (Å²) in [6.45, 7) is 10.6. The fourth-order valence-electron chi connectivity index (χ4n) is 4.93. The molecule has 12 nitrogen and oxygen atoms in total. The molecule has 0 spiro atoms. The van der Waals surface area contributed by atoms with Gasteiger partial charge in [0.2, 0.25) is 11.8 Å². The van der Waals surface area contributed by atoms with Crippen molar-refractivity contribution in [1.29, 1.82) is 0 Å². The Bertz CT molecular complexity index is 1230. The summed E-state index contributed by atoms with van der Waals surface area (Å²) in [6, 6.07) is 2.90. The van der Waals surface area contributed by atoms with Gasteiger partial charge >= 0.3 is 5.97 Å². The summed E-state index contributed by atoms with van der Waals surface area (Å²) >= 11 is 0. The van der Waals surface area contributed by atoms with E-state index in [1.165, 1.54) is 19.1 Å². The molecular weight excluding hydrogens is 566 g/mol. The first kappa shape index (κ1) is 35.2. The van der Waals surface area contributed by atoms with E-state index in [2.05, 4.69) is 24.5 Å². The number of benzene rings is 1. The Hall–Kier alpha value is -3.03. The average molecular weight is 612 g/mol. The molecule has 2 rings (SSSR count). The van der Waals surface area contributed by atoms with Gasteiger partial charge in [-0.2, -0.15) is 4.31 Å². The molecule has 0 saturated heterocycles. The van der Waals surface area contributed by atoms with Gasteiger partial charge in [-0.15, -0.1) is 0 Å². The van der Waals surface area contributed by atoms with Crippen LogP contribution in [0.3, 0.4) is 0 Å². The number of esters is 1. The third-order valence-corrected chi connectivity index (χ3v) is 9.96. The average Bonchev–Trinajstić information content (AvgIpc) is 3.15. The van der Waals surface area contributed by atoms with Crippen LogP contribution in [-0.2, 0) is 38.6 Å². The first-order chi connectivity index (χ1) is 19.7. The topological polar surface area (TPSA) is 157 Å². The first-order valence-electron chi connectivity index (χ1n) is 14.4. The Labute approximate surface area is 248 Å². The number of rotatable bonds is 17. The molecule has 1 heterocycles. The van der Waals surface area contributed by atoms with Gasteiger partial charge in [-0.05, 0) is 63.6 Å².